The summed E-state index contributed by atoms with van der Waals surface area (Å²) in [6.07, 6.45) is 6.84. The number of ether oxygens (including phenoxy) is 1. The Morgan fingerprint density at radius 2 is 1.80 bits per heavy atom. The zero-order valence-electron chi connectivity index (χ0n) is 20.1. The van der Waals surface area contributed by atoms with Gasteiger partial charge in [-0.3, -0.25) is 0 Å². The van der Waals surface area contributed by atoms with Crippen LogP contribution in [-0.4, -0.2) is 22.6 Å². The van der Waals surface area contributed by atoms with Crippen LogP contribution in [0.1, 0.15) is 51.7 Å². The molecule has 0 saturated carbocycles. The smallest absolute Gasteiger partial charge is 0.323 e. The van der Waals surface area contributed by atoms with Gasteiger partial charge in [-0.1, -0.05) is 42.0 Å². The second-order valence-electron chi connectivity index (χ2n) is 9.37. The van der Waals surface area contributed by atoms with Crippen LogP contribution in [0.15, 0.2) is 66.9 Å². The maximum Gasteiger partial charge on any atom is 0.323 e. The number of carbonyl (C=O) groups excluding carboxylic acids is 1. The van der Waals surface area contributed by atoms with E-state index in [4.69, 9.17) is 4.74 Å². The molecule has 1 N–H and O–H groups in total. The standard InChI is InChI=1S/C29H29N3O2S/c1-19-13-15-20(16-14-19)27-24-10-7-17-31(24)28-22(21-8-3-6-12-26(21)35-28)18-32(27)29(33)30-23-9-4-5-11-25(23)34-2/h4-5,7,9-11,13-17,27H,3,6,8,12,18H2,1-2H3,(H,30,33)/t27-/m1/s1. The number of hydrogen-bond acceptors (Lipinski definition) is 3. The van der Waals surface area contributed by atoms with Gasteiger partial charge in [-0.25, -0.2) is 4.79 Å². The Bertz CT molecular complexity index is 1390. The predicted molar refractivity (Wildman–Crippen MR) is 141 cm³/mol. The molecule has 1 aliphatic heterocycles. The van der Waals surface area contributed by atoms with Crippen LogP contribution in [0, 0.1) is 6.92 Å². The lowest BCUT2D eigenvalue weighted by Gasteiger charge is -2.31. The molecular formula is C29H29N3O2S. The number of amides is 2. The molecule has 6 heteroatoms. The van der Waals surface area contributed by atoms with Gasteiger partial charge < -0.3 is 19.5 Å². The van der Waals surface area contributed by atoms with Crippen molar-refractivity contribution >= 4 is 23.1 Å². The molecule has 0 bridgehead atoms. The highest BCUT2D eigenvalue weighted by atomic mass is 32.1. The summed E-state index contributed by atoms with van der Waals surface area (Å²) in [5, 5.41) is 4.42. The highest BCUT2D eigenvalue weighted by Crippen LogP contribution is 2.44. The number of fused-ring (bicyclic) bond motifs is 5. The highest BCUT2D eigenvalue weighted by Gasteiger charge is 2.36. The molecule has 2 amide bonds. The number of carbonyl (C=O) groups is 1. The number of thiophene rings is 1. The average Bonchev–Trinajstić information content (AvgIpc) is 3.47. The highest BCUT2D eigenvalue weighted by molar-refractivity contribution is 7.15. The Morgan fingerprint density at radius 1 is 1.00 bits per heavy atom. The summed E-state index contributed by atoms with van der Waals surface area (Å²) in [6.45, 7) is 2.66. The van der Waals surface area contributed by atoms with Gasteiger partial charge in [0.05, 0.1) is 31.1 Å². The first kappa shape index (κ1) is 22.0. The van der Waals surface area contributed by atoms with E-state index in [9.17, 15) is 4.79 Å². The van der Waals surface area contributed by atoms with Gasteiger partial charge >= 0.3 is 6.03 Å². The third-order valence-corrected chi connectivity index (χ3v) is 8.51. The fourth-order valence-corrected chi connectivity index (χ4v) is 6.82. The van der Waals surface area contributed by atoms with Crippen molar-refractivity contribution < 1.29 is 9.53 Å². The number of nitrogens with zero attached hydrogens (tertiary/aromatic N) is 2. The number of benzene rings is 2. The van der Waals surface area contributed by atoms with Gasteiger partial charge in [-0.05, 0) is 68.0 Å². The van der Waals surface area contributed by atoms with Crippen molar-refractivity contribution in [2.75, 3.05) is 12.4 Å². The number of anilines is 1. The maximum atomic E-state index is 14.0. The number of rotatable bonds is 3. The van der Waals surface area contributed by atoms with Crippen molar-refractivity contribution in [2.24, 2.45) is 0 Å². The van der Waals surface area contributed by atoms with Crippen molar-refractivity contribution in [2.45, 2.75) is 45.2 Å². The minimum Gasteiger partial charge on any atom is -0.495 e. The van der Waals surface area contributed by atoms with E-state index in [1.165, 1.54) is 39.4 Å². The Hall–Kier alpha value is -3.51. The quantitative estimate of drug-likeness (QED) is 0.346. The van der Waals surface area contributed by atoms with Gasteiger partial charge in [-0.2, -0.15) is 0 Å². The lowest BCUT2D eigenvalue weighted by atomic mass is 9.95. The number of nitrogens with one attached hydrogen (secondary N) is 1. The SMILES string of the molecule is COc1ccccc1NC(=O)N1Cc2c(sc3c2CCCC3)-n2cccc2[C@H]1c1ccc(C)cc1. The van der Waals surface area contributed by atoms with Crippen molar-refractivity contribution in [3.8, 4) is 10.8 Å². The van der Waals surface area contributed by atoms with Crippen LogP contribution in [-0.2, 0) is 19.4 Å². The zero-order valence-corrected chi connectivity index (χ0v) is 20.9. The third kappa shape index (κ3) is 3.82. The molecule has 4 aromatic rings. The van der Waals surface area contributed by atoms with E-state index in [0.29, 0.717) is 18.0 Å². The summed E-state index contributed by atoms with van der Waals surface area (Å²) in [5.41, 5.74) is 6.85. The number of para-hydroxylation sites is 2. The minimum atomic E-state index is -0.209. The molecule has 2 aromatic heterocycles. The van der Waals surface area contributed by atoms with Crippen LogP contribution < -0.4 is 10.1 Å². The first-order chi connectivity index (χ1) is 17.1. The van der Waals surface area contributed by atoms with E-state index in [1.807, 2.05) is 40.5 Å². The topological polar surface area (TPSA) is 46.5 Å². The Labute approximate surface area is 210 Å². The molecule has 1 aliphatic carbocycles. The molecule has 6 rings (SSSR count). The molecule has 3 heterocycles. The van der Waals surface area contributed by atoms with Gasteiger partial charge in [0, 0.05) is 16.6 Å². The number of urea groups is 1. The van der Waals surface area contributed by atoms with Crippen molar-refractivity contribution in [1.29, 1.82) is 0 Å². The lowest BCUT2D eigenvalue weighted by molar-refractivity contribution is 0.194. The summed E-state index contributed by atoms with van der Waals surface area (Å²) >= 11 is 1.91. The molecule has 0 radical (unpaired) electrons. The normalized spacial score (nSPS) is 16.6. The molecule has 0 fully saturated rings. The van der Waals surface area contributed by atoms with E-state index in [1.54, 1.807) is 7.11 Å². The molecule has 0 saturated heterocycles. The maximum absolute atomic E-state index is 14.0. The summed E-state index contributed by atoms with van der Waals surface area (Å²) in [7, 11) is 1.63. The molecule has 0 spiro atoms. The minimum absolute atomic E-state index is 0.128. The second-order valence-corrected chi connectivity index (χ2v) is 10.5. The molecule has 2 aliphatic rings. The summed E-state index contributed by atoms with van der Waals surface area (Å²) in [5.74, 6) is 0.652. The van der Waals surface area contributed by atoms with Gasteiger partial charge in [0.25, 0.3) is 0 Å². The van der Waals surface area contributed by atoms with Crippen LogP contribution in [0.5, 0.6) is 5.75 Å². The average molecular weight is 484 g/mol. The van der Waals surface area contributed by atoms with Gasteiger partial charge in [0.2, 0.25) is 0 Å². The van der Waals surface area contributed by atoms with Crippen LogP contribution >= 0.6 is 11.3 Å². The summed E-state index contributed by atoms with van der Waals surface area (Å²) in [4.78, 5) is 17.5. The zero-order chi connectivity index (χ0) is 23.9. The fraction of sp³-hybridized carbons (Fsp3) is 0.276. The number of aryl methyl sites for hydroxylation is 2. The van der Waals surface area contributed by atoms with E-state index in [0.717, 1.165) is 24.1 Å². The first-order valence-electron chi connectivity index (χ1n) is 12.2. The van der Waals surface area contributed by atoms with Crippen molar-refractivity contribution in [3.63, 3.8) is 0 Å². The lowest BCUT2D eigenvalue weighted by Crippen LogP contribution is -2.38. The first-order valence-corrected chi connectivity index (χ1v) is 13.0. The molecule has 178 valence electrons. The largest absolute Gasteiger partial charge is 0.495 e. The Kier molecular flexibility index (Phi) is 5.61. The van der Waals surface area contributed by atoms with E-state index < -0.39 is 0 Å². The molecule has 5 nitrogen and oxygen atoms in total. The fourth-order valence-electron chi connectivity index (χ4n) is 5.42. The molecular weight excluding hydrogens is 454 g/mol. The van der Waals surface area contributed by atoms with Crippen LogP contribution in [0.25, 0.3) is 5.00 Å². The van der Waals surface area contributed by atoms with Crippen molar-refractivity contribution in [1.82, 2.24) is 9.47 Å². The molecule has 35 heavy (non-hydrogen) atoms. The van der Waals surface area contributed by atoms with Gasteiger partial charge in [0.1, 0.15) is 10.8 Å². The summed E-state index contributed by atoms with van der Waals surface area (Å²) < 4.78 is 7.83. The molecule has 2 aromatic carbocycles. The van der Waals surface area contributed by atoms with Gasteiger partial charge in [0.15, 0.2) is 0 Å². The Balaban J connectivity index is 1.50. The third-order valence-electron chi connectivity index (χ3n) is 7.18. The summed E-state index contributed by atoms with van der Waals surface area (Å²) in [6, 6.07) is 20.0. The number of aromatic nitrogens is 1. The van der Waals surface area contributed by atoms with Crippen LogP contribution in [0.4, 0.5) is 10.5 Å². The predicted octanol–water partition coefficient (Wildman–Crippen LogP) is 6.87. The molecule has 0 unspecified atom stereocenters. The van der Waals surface area contributed by atoms with Crippen LogP contribution in [0.2, 0.25) is 0 Å². The van der Waals surface area contributed by atoms with E-state index in [-0.39, 0.29) is 12.1 Å². The van der Waals surface area contributed by atoms with Crippen LogP contribution in [0.3, 0.4) is 0 Å². The van der Waals surface area contributed by atoms with E-state index >= 15 is 0 Å². The molecule has 1 atom stereocenters. The second kappa shape index (κ2) is 8.93. The number of hydrogen-bond donors (Lipinski definition) is 1. The monoisotopic (exact) mass is 483 g/mol. The van der Waals surface area contributed by atoms with Gasteiger partial charge in [-0.15, -0.1) is 11.3 Å². The van der Waals surface area contributed by atoms with E-state index in [2.05, 4.69) is 59.4 Å². The Morgan fingerprint density at radius 3 is 2.63 bits per heavy atom. The number of methoxy groups -OCH3 is 1. The van der Waals surface area contributed by atoms with Crippen molar-refractivity contribution in [3.05, 3.63) is 99.7 Å².